The Kier molecular flexibility index (Phi) is 5.77. The van der Waals surface area contributed by atoms with E-state index in [2.05, 4.69) is 21.2 Å². The van der Waals surface area contributed by atoms with E-state index in [0.29, 0.717) is 18.5 Å². The van der Waals surface area contributed by atoms with Gasteiger partial charge in [0.25, 0.3) is 0 Å². The van der Waals surface area contributed by atoms with Crippen molar-refractivity contribution < 1.29 is 14.0 Å². The summed E-state index contributed by atoms with van der Waals surface area (Å²) in [4.78, 5) is 25.4. The summed E-state index contributed by atoms with van der Waals surface area (Å²) in [6.07, 6.45) is 2.42. The van der Waals surface area contributed by atoms with Gasteiger partial charge >= 0.3 is 0 Å². The monoisotopic (exact) mass is 364 g/mol. The van der Waals surface area contributed by atoms with Crippen molar-refractivity contribution in [2.75, 3.05) is 18.9 Å². The molecule has 1 aromatic carbocycles. The minimum Gasteiger partial charge on any atom is -0.469 e. The molecule has 0 aliphatic carbocycles. The molecule has 0 fully saturated rings. The lowest BCUT2D eigenvalue weighted by Crippen LogP contribution is -2.35. The summed E-state index contributed by atoms with van der Waals surface area (Å²) in [7, 11) is 1.62. The Morgan fingerprint density at radius 1 is 1.23 bits per heavy atom. The predicted octanol–water partition coefficient (Wildman–Crippen LogP) is 3.07. The van der Waals surface area contributed by atoms with Gasteiger partial charge in [-0.25, -0.2) is 0 Å². The van der Waals surface area contributed by atoms with Gasteiger partial charge in [-0.1, -0.05) is 12.1 Å². The molecule has 0 saturated carbocycles. The number of rotatable bonds is 6. The highest BCUT2D eigenvalue weighted by atomic mass is 79.9. The maximum absolute atomic E-state index is 12.0. The van der Waals surface area contributed by atoms with E-state index in [1.165, 1.54) is 4.90 Å². The summed E-state index contributed by atoms with van der Waals surface area (Å²) in [5, 5.41) is 2.77. The zero-order valence-electron chi connectivity index (χ0n) is 12.2. The van der Waals surface area contributed by atoms with Crippen LogP contribution >= 0.6 is 15.9 Å². The lowest BCUT2D eigenvalue weighted by atomic mass is 10.2. The van der Waals surface area contributed by atoms with E-state index >= 15 is 0 Å². The summed E-state index contributed by atoms with van der Waals surface area (Å²) in [5.74, 6) is 0.429. The number of nitrogens with one attached hydrogen (secondary N) is 1. The molecule has 0 atom stereocenters. The molecule has 0 aliphatic heterocycles. The van der Waals surface area contributed by atoms with Gasteiger partial charge in [0.2, 0.25) is 11.8 Å². The maximum Gasteiger partial charge on any atom is 0.244 e. The molecule has 1 heterocycles. The first-order chi connectivity index (χ1) is 10.6. The second-order valence-corrected chi connectivity index (χ2v) is 5.71. The van der Waals surface area contributed by atoms with Gasteiger partial charge in [-0.15, -0.1) is 0 Å². The van der Waals surface area contributed by atoms with Gasteiger partial charge < -0.3 is 14.6 Å². The topological polar surface area (TPSA) is 62.6 Å². The molecule has 2 rings (SSSR count). The molecule has 0 radical (unpaired) electrons. The van der Waals surface area contributed by atoms with E-state index in [4.69, 9.17) is 4.42 Å². The number of nitrogens with zero attached hydrogens (tertiary/aromatic N) is 1. The molecular weight excluding hydrogens is 348 g/mol. The SMILES string of the molecule is CN(CC(=O)Nc1ccccc1Br)C(=O)CCc1ccco1. The summed E-state index contributed by atoms with van der Waals surface area (Å²) in [6.45, 7) is 0.0122. The van der Waals surface area contributed by atoms with Crippen molar-refractivity contribution in [2.45, 2.75) is 12.8 Å². The first-order valence-electron chi connectivity index (χ1n) is 6.87. The van der Waals surface area contributed by atoms with Crippen LogP contribution in [0, 0.1) is 0 Å². The van der Waals surface area contributed by atoms with Crippen molar-refractivity contribution in [3.8, 4) is 0 Å². The van der Waals surface area contributed by atoms with Gasteiger partial charge in [-0.05, 0) is 40.2 Å². The van der Waals surface area contributed by atoms with Crippen LogP contribution < -0.4 is 5.32 Å². The van der Waals surface area contributed by atoms with Gasteiger partial charge in [0.05, 0.1) is 18.5 Å². The van der Waals surface area contributed by atoms with Crippen molar-refractivity contribution in [1.82, 2.24) is 4.90 Å². The summed E-state index contributed by atoms with van der Waals surface area (Å²) < 4.78 is 5.98. The molecule has 116 valence electrons. The first kappa shape index (κ1) is 16.3. The molecule has 5 nitrogen and oxygen atoms in total. The number of hydrogen-bond donors (Lipinski definition) is 1. The summed E-state index contributed by atoms with van der Waals surface area (Å²) in [5.41, 5.74) is 0.684. The zero-order chi connectivity index (χ0) is 15.9. The fourth-order valence-electron chi connectivity index (χ4n) is 1.93. The molecule has 0 unspecified atom stereocenters. The highest BCUT2D eigenvalue weighted by Crippen LogP contribution is 2.20. The van der Waals surface area contributed by atoms with Gasteiger partial charge in [0, 0.05) is 24.4 Å². The third-order valence-corrected chi connectivity index (χ3v) is 3.81. The average molecular weight is 365 g/mol. The number of aryl methyl sites for hydroxylation is 1. The Hall–Kier alpha value is -2.08. The lowest BCUT2D eigenvalue weighted by Gasteiger charge is -2.17. The van der Waals surface area contributed by atoms with Crippen molar-refractivity contribution in [3.05, 3.63) is 52.9 Å². The Morgan fingerprint density at radius 2 is 2.00 bits per heavy atom. The standard InChI is InChI=1S/C16H17BrN2O3/c1-19(16(21)9-8-12-5-4-10-22-12)11-15(20)18-14-7-3-2-6-13(14)17/h2-7,10H,8-9,11H2,1H3,(H,18,20). The highest BCUT2D eigenvalue weighted by Gasteiger charge is 2.14. The summed E-state index contributed by atoms with van der Waals surface area (Å²) in [6, 6.07) is 10.9. The van der Waals surface area contributed by atoms with E-state index < -0.39 is 0 Å². The Labute approximate surface area is 137 Å². The van der Waals surface area contributed by atoms with E-state index in [9.17, 15) is 9.59 Å². The molecule has 1 N–H and O–H groups in total. The molecule has 6 heteroatoms. The number of furan rings is 1. The molecular formula is C16H17BrN2O3. The minimum absolute atomic E-state index is 0.0122. The Morgan fingerprint density at radius 3 is 2.68 bits per heavy atom. The van der Waals surface area contributed by atoms with Crippen LogP contribution in [0.25, 0.3) is 0 Å². The zero-order valence-corrected chi connectivity index (χ0v) is 13.8. The fourth-order valence-corrected chi connectivity index (χ4v) is 2.32. The van der Waals surface area contributed by atoms with Crippen LogP contribution in [-0.4, -0.2) is 30.3 Å². The molecule has 2 amide bonds. The van der Waals surface area contributed by atoms with Crippen LogP contribution in [0.1, 0.15) is 12.2 Å². The molecule has 1 aromatic heterocycles. The third-order valence-electron chi connectivity index (χ3n) is 3.12. The number of hydrogen-bond acceptors (Lipinski definition) is 3. The number of benzene rings is 1. The minimum atomic E-state index is -0.235. The number of likely N-dealkylation sites (N-methyl/N-ethyl adjacent to an activating group) is 1. The quantitative estimate of drug-likeness (QED) is 0.856. The molecule has 22 heavy (non-hydrogen) atoms. The van der Waals surface area contributed by atoms with Gasteiger partial charge in [0.15, 0.2) is 0 Å². The second-order valence-electron chi connectivity index (χ2n) is 4.86. The van der Waals surface area contributed by atoms with E-state index in [1.54, 1.807) is 25.4 Å². The van der Waals surface area contributed by atoms with Gasteiger partial charge in [0.1, 0.15) is 5.76 Å². The number of anilines is 1. The second kappa shape index (κ2) is 7.79. The lowest BCUT2D eigenvalue weighted by molar-refractivity contribution is -0.133. The number of carbonyl (C=O) groups is 2. The van der Waals surface area contributed by atoms with E-state index in [1.807, 2.05) is 24.3 Å². The number of para-hydroxylation sites is 1. The van der Waals surface area contributed by atoms with Crippen LogP contribution in [0.2, 0.25) is 0 Å². The van der Waals surface area contributed by atoms with E-state index in [-0.39, 0.29) is 18.4 Å². The van der Waals surface area contributed by atoms with Crippen molar-refractivity contribution >= 4 is 33.4 Å². The van der Waals surface area contributed by atoms with Crippen LogP contribution in [-0.2, 0) is 16.0 Å². The number of amides is 2. The van der Waals surface area contributed by atoms with Crippen LogP contribution in [0.15, 0.2) is 51.6 Å². The molecule has 0 saturated heterocycles. The molecule has 0 bridgehead atoms. The van der Waals surface area contributed by atoms with Crippen molar-refractivity contribution in [2.24, 2.45) is 0 Å². The highest BCUT2D eigenvalue weighted by molar-refractivity contribution is 9.10. The predicted molar refractivity (Wildman–Crippen MR) is 87.4 cm³/mol. The Balaban J connectivity index is 1.80. The van der Waals surface area contributed by atoms with Gasteiger partial charge in [-0.2, -0.15) is 0 Å². The van der Waals surface area contributed by atoms with Crippen molar-refractivity contribution in [1.29, 1.82) is 0 Å². The Bertz CT molecular complexity index is 641. The third kappa shape index (κ3) is 4.73. The normalized spacial score (nSPS) is 10.3. The fraction of sp³-hybridized carbons (Fsp3) is 0.250. The van der Waals surface area contributed by atoms with Crippen LogP contribution in [0.3, 0.4) is 0 Å². The first-order valence-corrected chi connectivity index (χ1v) is 7.66. The average Bonchev–Trinajstić information content (AvgIpc) is 3.00. The summed E-state index contributed by atoms with van der Waals surface area (Å²) >= 11 is 3.36. The van der Waals surface area contributed by atoms with Crippen LogP contribution in [0.5, 0.6) is 0 Å². The number of carbonyl (C=O) groups excluding carboxylic acids is 2. The molecule has 0 spiro atoms. The van der Waals surface area contributed by atoms with Crippen molar-refractivity contribution in [3.63, 3.8) is 0 Å². The van der Waals surface area contributed by atoms with E-state index in [0.717, 1.165) is 10.2 Å². The smallest absolute Gasteiger partial charge is 0.244 e. The molecule has 0 aliphatic rings. The van der Waals surface area contributed by atoms with Gasteiger partial charge in [-0.3, -0.25) is 9.59 Å². The van der Waals surface area contributed by atoms with Crippen LogP contribution in [0.4, 0.5) is 5.69 Å². The largest absolute Gasteiger partial charge is 0.469 e. The maximum atomic E-state index is 12.0. The number of halogens is 1. The molecule has 2 aromatic rings.